The Kier molecular flexibility index (Phi) is 2.65. The van der Waals surface area contributed by atoms with Gasteiger partial charge in [0.25, 0.3) is 0 Å². The Bertz CT molecular complexity index is 1300. The van der Waals surface area contributed by atoms with Crippen molar-refractivity contribution in [3.8, 4) is 17.3 Å². The molecule has 4 aromatic rings. The molecule has 4 heteroatoms. The van der Waals surface area contributed by atoms with Gasteiger partial charge in [0.05, 0.1) is 11.1 Å². The second kappa shape index (κ2) is 5.42. The fourth-order valence-electron chi connectivity index (χ4n) is 3.24. The van der Waals surface area contributed by atoms with Crippen molar-refractivity contribution in [3.63, 3.8) is 0 Å². The van der Waals surface area contributed by atoms with Gasteiger partial charge >= 0.3 is 0 Å². The molecule has 0 spiro atoms. The van der Waals surface area contributed by atoms with E-state index in [2.05, 4.69) is 6.07 Å². The number of fused-ring (bicyclic) bond motifs is 3. The van der Waals surface area contributed by atoms with Crippen molar-refractivity contribution in [2.24, 2.45) is 7.05 Å². The summed E-state index contributed by atoms with van der Waals surface area (Å²) in [6, 6.07) is 12.5. The molecule has 2 heterocycles. The summed E-state index contributed by atoms with van der Waals surface area (Å²) in [4.78, 5) is 0. The van der Waals surface area contributed by atoms with Crippen LogP contribution in [0.25, 0.3) is 33.2 Å². The third kappa shape index (κ3) is 2.20. The minimum Gasteiger partial charge on any atom is -0.454 e. The molecule has 4 rings (SSSR count). The zero-order chi connectivity index (χ0) is 20.2. The molecule has 0 unspecified atom stereocenters. The van der Waals surface area contributed by atoms with Crippen molar-refractivity contribution < 1.29 is 17.5 Å². The van der Waals surface area contributed by atoms with Gasteiger partial charge in [0.15, 0.2) is 11.8 Å². The molecule has 0 bridgehead atoms. The Morgan fingerprint density at radius 2 is 1.96 bits per heavy atom. The first-order valence-electron chi connectivity index (χ1n) is 9.27. The van der Waals surface area contributed by atoms with Crippen molar-refractivity contribution in [1.82, 2.24) is 0 Å². The van der Waals surface area contributed by atoms with Gasteiger partial charge in [0.1, 0.15) is 24.5 Å². The Morgan fingerprint density at radius 3 is 2.72 bits per heavy atom. The highest BCUT2D eigenvalue weighted by molar-refractivity contribution is 6.10. The maximum Gasteiger partial charge on any atom is 0.219 e. The van der Waals surface area contributed by atoms with Crippen LogP contribution in [0.15, 0.2) is 47.0 Å². The van der Waals surface area contributed by atoms with E-state index in [0.717, 1.165) is 16.3 Å². The second-order valence-corrected chi connectivity index (χ2v) is 6.06. The van der Waals surface area contributed by atoms with Gasteiger partial charge in [-0.05, 0) is 25.4 Å². The van der Waals surface area contributed by atoms with E-state index < -0.39 is 12.7 Å². The predicted molar refractivity (Wildman–Crippen MR) is 94.5 cm³/mol. The lowest BCUT2D eigenvalue weighted by atomic mass is 10.00. The van der Waals surface area contributed by atoms with Crippen LogP contribution in [-0.4, -0.2) is 0 Å². The summed E-state index contributed by atoms with van der Waals surface area (Å²) in [6.45, 7) is -0.661. The number of nitrogens with zero attached hydrogens (tertiary/aromatic N) is 2. The third-order valence-electron chi connectivity index (χ3n) is 4.48. The number of aryl methyl sites for hydroxylation is 3. The lowest BCUT2D eigenvalue weighted by molar-refractivity contribution is -0.661. The predicted octanol–water partition coefficient (Wildman–Crippen LogP) is 4.71. The monoisotopic (exact) mass is 334 g/mol. The van der Waals surface area contributed by atoms with E-state index in [1.165, 1.54) is 12.3 Å². The van der Waals surface area contributed by atoms with Crippen molar-refractivity contribution in [2.75, 3.05) is 0 Å². The summed E-state index contributed by atoms with van der Waals surface area (Å²) in [5.41, 5.74) is 3.11. The molecule has 0 saturated heterocycles. The summed E-state index contributed by atoms with van der Waals surface area (Å²) < 4.78 is 44.8. The molecule has 0 aliphatic heterocycles. The van der Waals surface area contributed by atoms with Gasteiger partial charge in [-0.1, -0.05) is 24.3 Å². The number of hydrogen-bond acceptors (Lipinski definition) is 2. The number of furan rings is 1. The van der Waals surface area contributed by atoms with Crippen LogP contribution in [0.5, 0.6) is 0 Å². The van der Waals surface area contributed by atoms with Crippen LogP contribution in [0, 0.1) is 30.9 Å². The Balaban J connectivity index is 2.09. The van der Waals surface area contributed by atoms with Gasteiger partial charge in [-0.25, -0.2) is 8.96 Å². The molecule has 0 aliphatic rings. The van der Waals surface area contributed by atoms with E-state index in [4.69, 9.17) is 8.53 Å². The van der Waals surface area contributed by atoms with Gasteiger partial charge in [0.2, 0.25) is 5.69 Å². The maximum absolute atomic E-state index is 14.6. The highest BCUT2D eigenvalue weighted by Crippen LogP contribution is 2.38. The topological polar surface area (TPSA) is 40.8 Å². The molecule has 122 valence electrons. The first-order valence-corrected chi connectivity index (χ1v) is 7.77. The molecule has 0 atom stereocenters. The summed E-state index contributed by atoms with van der Waals surface area (Å²) in [6.07, 6.45) is 1.29. The molecule has 2 aromatic heterocycles. The third-order valence-corrected chi connectivity index (χ3v) is 4.48. The van der Waals surface area contributed by atoms with Crippen molar-refractivity contribution in [1.29, 1.82) is 5.26 Å². The lowest BCUT2D eigenvalue weighted by Crippen LogP contribution is -2.31. The number of para-hydroxylation sites is 1. The van der Waals surface area contributed by atoms with E-state index in [0.29, 0.717) is 28.0 Å². The summed E-state index contributed by atoms with van der Waals surface area (Å²) >= 11 is 0. The highest BCUT2D eigenvalue weighted by Gasteiger charge is 2.22. The number of rotatable bonds is 1. The summed E-state index contributed by atoms with van der Waals surface area (Å²) in [5, 5.41) is 11.0. The van der Waals surface area contributed by atoms with Gasteiger partial charge in [-0.2, -0.15) is 5.26 Å². The average Bonchev–Trinajstić information content (AvgIpc) is 3.01. The molecule has 0 amide bonds. The number of halogens is 1. The fraction of sp³-hybridized carbons (Fsp3) is 0.143. The van der Waals surface area contributed by atoms with Gasteiger partial charge in [-0.15, -0.1) is 0 Å². The molecule has 0 aliphatic carbocycles. The largest absolute Gasteiger partial charge is 0.454 e. The molecular formula is C21H16FN2O+. The SMILES string of the molecule is [2H]C([2H])([2H])c1c[n+](C)c(-c2c(C)ccc3c2oc2c(C#N)cccc23)cc1F. The van der Waals surface area contributed by atoms with E-state index in [1.807, 2.05) is 25.1 Å². The lowest BCUT2D eigenvalue weighted by Gasteiger charge is -2.06. The van der Waals surface area contributed by atoms with Gasteiger partial charge in [0, 0.05) is 26.5 Å². The van der Waals surface area contributed by atoms with Crippen LogP contribution >= 0.6 is 0 Å². The molecule has 0 radical (unpaired) electrons. The zero-order valence-corrected chi connectivity index (χ0v) is 13.7. The molecule has 3 nitrogen and oxygen atoms in total. The van der Waals surface area contributed by atoms with Crippen LogP contribution in [0.2, 0.25) is 0 Å². The van der Waals surface area contributed by atoms with Crippen LogP contribution in [0.4, 0.5) is 4.39 Å². The van der Waals surface area contributed by atoms with E-state index in [9.17, 15) is 9.65 Å². The smallest absolute Gasteiger partial charge is 0.219 e. The standard InChI is InChI=1S/C21H16FN2O/c1-12-7-8-16-15-6-4-5-14(10-23)20(15)25-21(16)19(12)18-9-17(22)13(2)11-24(18)3/h4-9,11H,1-3H3/q+1/i2D3. The van der Waals surface area contributed by atoms with Crippen molar-refractivity contribution in [2.45, 2.75) is 13.8 Å². The number of nitriles is 1. The van der Waals surface area contributed by atoms with Crippen LogP contribution in [0.3, 0.4) is 0 Å². The number of benzene rings is 2. The maximum atomic E-state index is 14.6. The Morgan fingerprint density at radius 1 is 1.16 bits per heavy atom. The van der Waals surface area contributed by atoms with E-state index >= 15 is 0 Å². The first-order chi connectivity index (χ1) is 13.2. The second-order valence-electron chi connectivity index (χ2n) is 6.06. The molecular weight excluding hydrogens is 315 g/mol. The zero-order valence-electron chi connectivity index (χ0n) is 16.7. The Labute approximate surface area is 148 Å². The minimum absolute atomic E-state index is 0.333. The van der Waals surface area contributed by atoms with Crippen LogP contribution in [-0.2, 0) is 7.05 Å². The first kappa shape index (κ1) is 12.2. The molecule has 0 saturated carbocycles. The Hall–Kier alpha value is -3.19. The number of aromatic nitrogens is 1. The van der Waals surface area contributed by atoms with Crippen molar-refractivity contribution >= 4 is 21.9 Å². The van der Waals surface area contributed by atoms with Crippen molar-refractivity contribution in [3.05, 3.63) is 65.1 Å². The van der Waals surface area contributed by atoms with E-state index in [-0.39, 0.29) is 5.56 Å². The average molecular weight is 334 g/mol. The van der Waals surface area contributed by atoms with E-state index in [1.54, 1.807) is 23.7 Å². The number of pyridine rings is 1. The van der Waals surface area contributed by atoms with Gasteiger partial charge < -0.3 is 4.42 Å². The molecule has 25 heavy (non-hydrogen) atoms. The number of hydrogen-bond donors (Lipinski definition) is 0. The van der Waals surface area contributed by atoms with Crippen LogP contribution < -0.4 is 4.57 Å². The molecule has 0 fully saturated rings. The van der Waals surface area contributed by atoms with Gasteiger partial charge in [-0.3, -0.25) is 0 Å². The fourth-order valence-corrected chi connectivity index (χ4v) is 3.24. The summed E-state index contributed by atoms with van der Waals surface area (Å²) in [7, 11) is 1.67. The minimum atomic E-state index is -2.54. The molecule has 0 N–H and O–H groups in total. The highest BCUT2D eigenvalue weighted by atomic mass is 19.1. The van der Waals surface area contributed by atoms with Crippen LogP contribution in [0.1, 0.15) is 20.8 Å². The molecule has 2 aromatic carbocycles. The summed E-state index contributed by atoms with van der Waals surface area (Å²) in [5.74, 6) is -0.793. The quantitative estimate of drug-likeness (QED) is 0.473. The normalized spacial score (nSPS) is 13.4.